The highest BCUT2D eigenvalue weighted by atomic mass is 35.5. The normalized spacial score (nSPS) is 12.6. The first-order chi connectivity index (χ1) is 9.86. The topological polar surface area (TPSA) is 84.2 Å². The highest BCUT2D eigenvalue weighted by Crippen LogP contribution is 2.19. The van der Waals surface area contributed by atoms with Gasteiger partial charge in [0.25, 0.3) is 0 Å². The Bertz CT molecular complexity index is 557. The van der Waals surface area contributed by atoms with Crippen molar-refractivity contribution in [3.63, 3.8) is 0 Å². The average molecular weight is 332 g/mol. The van der Waals surface area contributed by atoms with Crippen LogP contribution in [0, 0.1) is 6.92 Å². The number of hydrogen-bond donors (Lipinski definition) is 2. The number of aliphatic carboxylic acids is 1. The summed E-state index contributed by atoms with van der Waals surface area (Å²) < 4.78 is 1.51. The summed E-state index contributed by atoms with van der Waals surface area (Å²) in [5.41, 5.74) is 1.34. The van der Waals surface area contributed by atoms with Crippen LogP contribution in [0.5, 0.6) is 0 Å². The first-order valence-electron chi connectivity index (χ1n) is 6.26. The first kappa shape index (κ1) is 17.6. The zero-order valence-electron chi connectivity index (χ0n) is 12.1. The Labute approximate surface area is 132 Å². The molecule has 0 bridgehead atoms. The molecule has 0 aliphatic heterocycles. The number of carbonyl (C=O) groups is 2. The van der Waals surface area contributed by atoms with E-state index in [1.54, 1.807) is 14.0 Å². The third-order valence-electron chi connectivity index (χ3n) is 2.82. The molecule has 8 heteroatoms. The van der Waals surface area contributed by atoms with Crippen molar-refractivity contribution >= 4 is 41.3 Å². The maximum atomic E-state index is 11.8. The largest absolute Gasteiger partial charge is 0.480 e. The molecule has 0 fully saturated rings. The van der Waals surface area contributed by atoms with Gasteiger partial charge in [0.1, 0.15) is 11.2 Å². The minimum atomic E-state index is -1.04. The minimum absolute atomic E-state index is 0.378. The zero-order chi connectivity index (χ0) is 16.0. The summed E-state index contributed by atoms with van der Waals surface area (Å²) in [7, 11) is 1.70. The number of amides is 1. The van der Waals surface area contributed by atoms with Gasteiger partial charge >= 0.3 is 5.97 Å². The lowest BCUT2D eigenvalue weighted by Gasteiger charge is -2.12. The third-order valence-corrected chi connectivity index (χ3v) is 3.91. The quantitative estimate of drug-likeness (QED) is 0.743. The fourth-order valence-corrected chi connectivity index (χ4v) is 2.42. The Hall–Kier alpha value is -1.47. The molecule has 1 atom stereocenters. The molecule has 0 saturated carbocycles. The molecule has 2 N–H and O–H groups in total. The first-order valence-corrected chi connectivity index (χ1v) is 8.03. The lowest BCUT2D eigenvalue weighted by atomic mass is 10.2. The van der Waals surface area contributed by atoms with E-state index in [2.05, 4.69) is 10.4 Å². The van der Waals surface area contributed by atoms with Gasteiger partial charge in [0.15, 0.2) is 0 Å². The van der Waals surface area contributed by atoms with Crippen LogP contribution in [0.15, 0.2) is 6.08 Å². The van der Waals surface area contributed by atoms with Gasteiger partial charge in [0.2, 0.25) is 5.91 Å². The van der Waals surface area contributed by atoms with Crippen molar-refractivity contribution in [2.75, 3.05) is 12.0 Å². The van der Waals surface area contributed by atoms with Gasteiger partial charge in [-0.15, -0.1) is 0 Å². The Morgan fingerprint density at radius 2 is 2.24 bits per heavy atom. The molecule has 0 aliphatic carbocycles. The second kappa shape index (κ2) is 8.09. The molecule has 0 aliphatic rings. The zero-order valence-corrected chi connectivity index (χ0v) is 13.7. The van der Waals surface area contributed by atoms with Gasteiger partial charge in [-0.1, -0.05) is 11.6 Å². The van der Waals surface area contributed by atoms with E-state index in [-0.39, 0.29) is 0 Å². The number of rotatable bonds is 7. The SMILES string of the molecule is CSCC[C@H](NC(=O)/C=C/c1c(C)nn(C)c1Cl)C(=O)O. The average Bonchev–Trinajstić information content (AvgIpc) is 2.66. The number of carboxylic acid groups (broad SMARTS) is 1. The van der Waals surface area contributed by atoms with E-state index in [1.807, 2.05) is 6.26 Å². The van der Waals surface area contributed by atoms with Crippen LogP contribution in [0.1, 0.15) is 17.7 Å². The van der Waals surface area contributed by atoms with E-state index in [9.17, 15) is 9.59 Å². The molecule has 0 unspecified atom stereocenters. The van der Waals surface area contributed by atoms with Gasteiger partial charge in [-0.05, 0) is 31.4 Å². The number of aromatic nitrogens is 2. The van der Waals surface area contributed by atoms with Gasteiger partial charge in [0, 0.05) is 18.7 Å². The lowest BCUT2D eigenvalue weighted by Crippen LogP contribution is -2.40. The predicted molar refractivity (Wildman–Crippen MR) is 84.6 cm³/mol. The molecule has 1 amide bonds. The van der Waals surface area contributed by atoms with Crippen molar-refractivity contribution in [2.45, 2.75) is 19.4 Å². The number of carbonyl (C=O) groups excluding carboxylic acids is 1. The van der Waals surface area contributed by atoms with Gasteiger partial charge in [0.05, 0.1) is 5.69 Å². The summed E-state index contributed by atoms with van der Waals surface area (Å²) >= 11 is 7.57. The van der Waals surface area contributed by atoms with Gasteiger partial charge in [-0.3, -0.25) is 9.48 Å². The van der Waals surface area contributed by atoms with Crippen LogP contribution in [0.25, 0.3) is 6.08 Å². The van der Waals surface area contributed by atoms with Crippen LogP contribution < -0.4 is 5.32 Å². The van der Waals surface area contributed by atoms with Crippen molar-refractivity contribution in [1.29, 1.82) is 0 Å². The fraction of sp³-hybridized carbons (Fsp3) is 0.462. The van der Waals surface area contributed by atoms with E-state index in [0.29, 0.717) is 28.6 Å². The van der Waals surface area contributed by atoms with Crippen LogP contribution in [-0.2, 0) is 16.6 Å². The summed E-state index contributed by atoms with van der Waals surface area (Å²) in [6, 6.07) is -0.889. The molecular formula is C13H18ClN3O3S. The molecule has 116 valence electrons. The second-order valence-corrected chi connectivity index (χ2v) is 5.77. The summed E-state index contributed by atoms with van der Waals surface area (Å²) in [4.78, 5) is 22.8. The maximum Gasteiger partial charge on any atom is 0.326 e. The van der Waals surface area contributed by atoms with Crippen molar-refractivity contribution < 1.29 is 14.7 Å². The second-order valence-electron chi connectivity index (χ2n) is 4.43. The number of carboxylic acids is 1. The molecule has 21 heavy (non-hydrogen) atoms. The molecule has 1 rings (SSSR count). The van der Waals surface area contributed by atoms with E-state index < -0.39 is 17.9 Å². The van der Waals surface area contributed by atoms with Crippen LogP contribution in [0.3, 0.4) is 0 Å². The third kappa shape index (κ3) is 5.09. The van der Waals surface area contributed by atoms with Gasteiger partial charge in [-0.25, -0.2) is 4.79 Å². The number of nitrogens with zero attached hydrogens (tertiary/aromatic N) is 2. The Kier molecular flexibility index (Phi) is 6.77. The predicted octanol–water partition coefficient (Wildman–Crippen LogP) is 1.72. The van der Waals surface area contributed by atoms with E-state index in [1.165, 1.54) is 28.6 Å². The fourth-order valence-electron chi connectivity index (χ4n) is 1.71. The molecule has 1 heterocycles. The standard InChI is InChI=1S/C13H18ClN3O3S/c1-8-9(12(14)17(2)16-8)4-5-11(18)15-10(13(19)20)6-7-21-3/h4-5,10H,6-7H2,1-3H3,(H,15,18)(H,19,20)/b5-4+/t10-/m0/s1. The van der Waals surface area contributed by atoms with E-state index in [4.69, 9.17) is 16.7 Å². The van der Waals surface area contributed by atoms with E-state index >= 15 is 0 Å². The summed E-state index contributed by atoms with van der Waals surface area (Å²) in [5, 5.41) is 16.0. The number of nitrogens with one attached hydrogen (secondary N) is 1. The number of halogens is 1. The maximum absolute atomic E-state index is 11.8. The van der Waals surface area contributed by atoms with Crippen LogP contribution >= 0.6 is 23.4 Å². The molecule has 0 aromatic carbocycles. The van der Waals surface area contributed by atoms with Crippen LogP contribution in [0.4, 0.5) is 0 Å². The number of aryl methyl sites for hydroxylation is 2. The molecule has 1 aromatic rings. The van der Waals surface area contributed by atoms with Crippen LogP contribution in [0.2, 0.25) is 5.15 Å². The smallest absolute Gasteiger partial charge is 0.326 e. The lowest BCUT2D eigenvalue weighted by molar-refractivity contribution is -0.141. The Balaban J connectivity index is 2.71. The summed E-state index contributed by atoms with van der Waals surface area (Å²) in [6.45, 7) is 1.78. The Morgan fingerprint density at radius 1 is 1.57 bits per heavy atom. The Morgan fingerprint density at radius 3 is 2.71 bits per heavy atom. The monoisotopic (exact) mass is 331 g/mol. The van der Waals surface area contributed by atoms with Gasteiger partial charge < -0.3 is 10.4 Å². The van der Waals surface area contributed by atoms with Crippen molar-refractivity contribution in [2.24, 2.45) is 7.05 Å². The molecule has 1 aromatic heterocycles. The molecule has 6 nitrogen and oxygen atoms in total. The molecule has 0 saturated heterocycles. The minimum Gasteiger partial charge on any atom is -0.480 e. The van der Waals surface area contributed by atoms with Gasteiger partial charge in [-0.2, -0.15) is 16.9 Å². The highest BCUT2D eigenvalue weighted by molar-refractivity contribution is 7.98. The molecular weight excluding hydrogens is 314 g/mol. The van der Waals surface area contributed by atoms with Crippen molar-refractivity contribution in [3.8, 4) is 0 Å². The number of hydrogen-bond acceptors (Lipinski definition) is 4. The van der Waals surface area contributed by atoms with Crippen LogP contribution in [-0.4, -0.2) is 44.8 Å². The molecule has 0 spiro atoms. The molecule has 0 radical (unpaired) electrons. The van der Waals surface area contributed by atoms with E-state index in [0.717, 1.165) is 0 Å². The summed E-state index contributed by atoms with van der Waals surface area (Å²) in [6.07, 6.45) is 5.06. The number of thioether (sulfide) groups is 1. The van der Waals surface area contributed by atoms with Crippen molar-refractivity contribution in [1.82, 2.24) is 15.1 Å². The highest BCUT2D eigenvalue weighted by Gasteiger charge is 2.18. The summed E-state index contributed by atoms with van der Waals surface area (Å²) in [5.74, 6) is -0.849. The van der Waals surface area contributed by atoms with Crippen molar-refractivity contribution in [3.05, 3.63) is 22.5 Å².